The van der Waals surface area contributed by atoms with E-state index in [-0.39, 0.29) is 11.9 Å². The van der Waals surface area contributed by atoms with Gasteiger partial charge in [0.15, 0.2) is 0 Å². The van der Waals surface area contributed by atoms with Crippen molar-refractivity contribution in [3.05, 3.63) is 55.5 Å². The smallest absolute Gasteiger partial charge is 0.124 e. The van der Waals surface area contributed by atoms with Gasteiger partial charge < -0.3 is 5.32 Å². The van der Waals surface area contributed by atoms with Crippen molar-refractivity contribution < 1.29 is 4.39 Å². The molecule has 18 heavy (non-hydrogen) atoms. The average Bonchev–Trinajstić information content (AvgIpc) is 2.85. The molecule has 1 nitrogen and oxygen atoms in total. The molecule has 1 atom stereocenters. The molecular formula is C14H15FINS. The normalized spacial score (nSPS) is 12.6. The lowest BCUT2D eigenvalue weighted by molar-refractivity contribution is 0.596. The largest absolute Gasteiger partial charge is 0.306 e. The maximum absolute atomic E-state index is 13.2. The van der Waals surface area contributed by atoms with Gasteiger partial charge in [0.2, 0.25) is 0 Å². The van der Waals surface area contributed by atoms with Crippen molar-refractivity contribution in [3.8, 4) is 0 Å². The van der Waals surface area contributed by atoms with Gasteiger partial charge in [-0.1, -0.05) is 19.1 Å². The minimum Gasteiger partial charge on any atom is -0.306 e. The zero-order chi connectivity index (χ0) is 13.0. The number of benzene rings is 1. The maximum atomic E-state index is 13.2. The minimum atomic E-state index is -0.177. The van der Waals surface area contributed by atoms with E-state index >= 15 is 0 Å². The number of rotatable bonds is 5. The summed E-state index contributed by atoms with van der Waals surface area (Å²) in [5.74, 6) is -0.177. The fraction of sp³-hybridized carbons (Fsp3) is 0.286. The number of hydrogen-bond acceptors (Lipinski definition) is 2. The standard InChI is InChI=1S/C14H15FINS/c1-2-7-17-14(13-4-3-8-18-13)11-6-5-10(15)9-12(11)16/h3-6,8-9,14,17H,2,7H2,1H3. The van der Waals surface area contributed by atoms with E-state index in [0.717, 1.165) is 22.1 Å². The predicted molar refractivity (Wildman–Crippen MR) is 83.6 cm³/mol. The van der Waals surface area contributed by atoms with Gasteiger partial charge in [-0.3, -0.25) is 0 Å². The molecule has 0 saturated heterocycles. The Hall–Kier alpha value is -0.460. The first kappa shape index (κ1) is 14.0. The summed E-state index contributed by atoms with van der Waals surface area (Å²) in [6.45, 7) is 3.10. The first-order valence-electron chi connectivity index (χ1n) is 5.94. The Morgan fingerprint density at radius 2 is 2.22 bits per heavy atom. The molecule has 1 unspecified atom stereocenters. The Labute approximate surface area is 125 Å². The lowest BCUT2D eigenvalue weighted by atomic mass is 10.1. The van der Waals surface area contributed by atoms with Crippen LogP contribution in [-0.4, -0.2) is 6.54 Å². The maximum Gasteiger partial charge on any atom is 0.124 e. The molecule has 0 aliphatic heterocycles. The van der Waals surface area contributed by atoms with Gasteiger partial charge >= 0.3 is 0 Å². The van der Waals surface area contributed by atoms with E-state index in [9.17, 15) is 4.39 Å². The van der Waals surface area contributed by atoms with E-state index in [1.54, 1.807) is 17.4 Å². The van der Waals surface area contributed by atoms with Crippen LogP contribution in [0.1, 0.15) is 29.8 Å². The monoisotopic (exact) mass is 375 g/mol. The third kappa shape index (κ3) is 3.30. The van der Waals surface area contributed by atoms with Gasteiger partial charge in [-0.05, 0) is 64.7 Å². The van der Waals surface area contributed by atoms with E-state index in [2.05, 4.69) is 52.3 Å². The van der Waals surface area contributed by atoms with Crippen molar-refractivity contribution in [2.45, 2.75) is 19.4 Å². The summed E-state index contributed by atoms with van der Waals surface area (Å²) >= 11 is 3.93. The van der Waals surface area contributed by atoms with Crippen LogP contribution in [0, 0.1) is 9.39 Å². The molecule has 0 aliphatic carbocycles. The highest BCUT2D eigenvalue weighted by atomic mass is 127. The third-order valence-electron chi connectivity index (χ3n) is 2.70. The Bertz CT molecular complexity index is 499. The number of thiophene rings is 1. The summed E-state index contributed by atoms with van der Waals surface area (Å²) in [4.78, 5) is 1.27. The molecule has 0 radical (unpaired) electrons. The molecule has 1 aromatic heterocycles. The zero-order valence-electron chi connectivity index (χ0n) is 10.1. The molecule has 1 aromatic carbocycles. The molecule has 0 fully saturated rings. The Balaban J connectivity index is 2.33. The van der Waals surface area contributed by atoms with Gasteiger partial charge in [0.25, 0.3) is 0 Å². The lowest BCUT2D eigenvalue weighted by Gasteiger charge is -2.19. The topological polar surface area (TPSA) is 12.0 Å². The quantitative estimate of drug-likeness (QED) is 0.755. The van der Waals surface area contributed by atoms with Crippen molar-refractivity contribution >= 4 is 33.9 Å². The van der Waals surface area contributed by atoms with Crippen molar-refractivity contribution in [2.24, 2.45) is 0 Å². The van der Waals surface area contributed by atoms with Crippen molar-refractivity contribution in [1.29, 1.82) is 0 Å². The number of nitrogens with one attached hydrogen (secondary N) is 1. The van der Waals surface area contributed by atoms with Crippen LogP contribution in [-0.2, 0) is 0 Å². The molecule has 4 heteroatoms. The Morgan fingerprint density at radius 3 is 2.83 bits per heavy atom. The molecule has 0 amide bonds. The predicted octanol–water partition coefficient (Wildman–Crippen LogP) is 4.58. The molecule has 96 valence electrons. The highest BCUT2D eigenvalue weighted by Gasteiger charge is 2.17. The van der Waals surface area contributed by atoms with Crippen molar-refractivity contribution in [2.75, 3.05) is 6.54 Å². The van der Waals surface area contributed by atoms with Gasteiger partial charge in [-0.25, -0.2) is 4.39 Å². The molecule has 2 rings (SSSR count). The molecule has 1 N–H and O–H groups in total. The summed E-state index contributed by atoms with van der Waals surface area (Å²) in [6.07, 6.45) is 1.08. The van der Waals surface area contributed by atoms with Crippen LogP contribution in [0.5, 0.6) is 0 Å². The Kier molecular flexibility index (Phi) is 5.14. The van der Waals surface area contributed by atoms with E-state index in [1.165, 1.54) is 10.9 Å². The van der Waals surface area contributed by atoms with Crippen LogP contribution in [0.4, 0.5) is 4.39 Å². The molecule has 0 spiro atoms. The second-order valence-corrected chi connectivity index (χ2v) is 6.21. The Morgan fingerprint density at radius 1 is 1.39 bits per heavy atom. The fourth-order valence-corrected chi connectivity index (χ4v) is 3.45. The van der Waals surface area contributed by atoms with E-state index in [1.807, 2.05) is 6.07 Å². The van der Waals surface area contributed by atoms with Gasteiger partial charge in [-0.15, -0.1) is 11.3 Å². The first-order valence-corrected chi connectivity index (χ1v) is 7.90. The van der Waals surface area contributed by atoms with Gasteiger partial charge in [0.05, 0.1) is 6.04 Å². The van der Waals surface area contributed by atoms with Gasteiger partial charge in [0.1, 0.15) is 5.82 Å². The van der Waals surface area contributed by atoms with E-state index < -0.39 is 0 Å². The average molecular weight is 375 g/mol. The van der Waals surface area contributed by atoms with Crippen LogP contribution in [0.2, 0.25) is 0 Å². The van der Waals surface area contributed by atoms with Gasteiger partial charge in [0, 0.05) is 8.45 Å². The van der Waals surface area contributed by atoms with Gasteiger partial charge in [-0.2, -0.15) is 0 Å². The lowest BCUT2D eigenvalue weighted by Crippen LogP contribution is -2.23. The molecule has 0 aliphatic rings. The van der Waals surface area contributed by atoms with Crippen molar-refractivity contribution in [3.63, 3.8) is 0 Å². The molecular weight excluding hydrogens is 360 g/mol. The second-order valence-electron chi connectivity index (χ2n) is 4.07. The van der Waals surface area contributed by atoms with Crippen LogP contribution >= 0.6 is 33.9 Å². The molecule has 1 heterocycles. The third-order valence-corrected chi connectivity index (χ3v) is 4.57. The molecule has 2 aromatic rings. The number of hydrogen-bond donors (Lipinski definition) is 1. The summed E-state index contributed by atoms with van der Waals surface area (Å²) in [5.41, 5.74) is 1.15. The van der Waals surface area contributed by atoms with Crippen LogP contribution in [0.3, 0.4) is 0 Å². The van der Waals surface area contributed by atoms with Crippen LogP contribution < -0.4 is 5.32 Å². The summed E-state index contributed by atoms with van der Waals surface area (Å²) in [6, 6.07) is 9.34. The van der Waals surface area contributed by atoms with Crippen LogP contribution in [0.25, 0.3) is 0 Å². The highest BCUT2D eigenvalue weighted by molar-refractivity contribution is 14.1. The van der Waals surface area contributed by atoms with E-state index in [4.69, 9.17) is 0 Å². The number of halogens is 2. The molecule has 0 saturated carbocycles. The summed E-state index contributed by atoms with van der Waals surface area (Å²) in [7, 11) is 0. The van der Waals surface area contributed by atoms with Crippen LogP contribution in [0.15, 0.2) is 35.7 Å². The highest BCUT2D eigenvalue weighted by Crippen LogP contribution is 2.29. The van der Waals surface area contributed by atoms with E-state index in [0.29, 0.717) is 0 Å². The SMILES string of the molecule is CCCNC(c1cccs1)c1ccc(F)cc1I. The summed E-state index contributed by atoms with van der Waals surface area (Å²) in [5, 5.41) is 5.61. The fourth-order valence-electron chi connectivity index (χ4n) is 1.84. The summed E-state index contributed by atoms with van der Waals surface area (Å²) < 4.78 is 14.2. The second kappa shape index (κ2) is 6.63. The van der Waals surface area contributed by atoms with Crippen molar-refractivity contribution in [1.82, 2.24) is 5.32 Å². The molecule has 0 bridgehead atoms. The first-order chi connectivity index (χ1) is 8.72. The zero-order valence-corrected chi connectivity index (χ0v) is 13.1. The minimum absolute atomic E-state index is 0.164.